The van der Waals surface area contributed by atoms with Crippen molar-refractivity contribution in [3.8, 4) is 11.5 Å². The molecule has 1 N–H and O–H groups in total. The van der Waals surface area contributed by atoms with Crippen LogP contribution in [0.1, 0.15) is 38.5 Å². The van der Waals surface area contributed by atoms with Crippen LogP contribution in [0, 0.1) is 23.2 Å². The van der Waals surface area contributed by atoms with Crippen LogP contribution in [0.25, 0.3) is 0 Å². The van der Waals surface area contributed by atoms with E-state index < -0.39 is 0 Å². The van der Waals surface area contributed by atoms with E-state index in [2.05, 4.69) is 5.32 Å². The fraction of sp³-hybridized carbons (Fsp3) is 0.619. The molecule has 0 radical (unpaired) electrons. The van der Waals surface area contributed by atoms with Gasteiger partial charge in [0.25, 0.3) is 5.91 Å². The van der Waals surface area contributed by atoms with Crippen molar-refractivity contribution in [3.63, 3.8) is 0 Å². The molecule has 0 saturated heterocycles. The Bertz CT molecular complexity index is 687. The monoisotopic (exact) mass is 373 g/mol. The van der Waals surface area contributed by atoms with Crippen molar-refractivity contribution in [3.05, 3.63) is 18.2 Å². The lowest BCUT2D eigenvalue weighted by Crippen LogP contribution is -2.50. The van der Waals surface area contributed by atoms with Crippen LogP contribution in [0.2, 0.25) is 0 Å². The number of amides is 1. The van der Waals surface area contributed by atoms with Crippen LogP contribution in [-0.2, 0) is 14.3 Å². The standard InChI is InChI=1S/C21H27NO5/c1-25-17-6-16(7-18(8-17)26-2)22-19(23)12-27-20(24)21-9-13-3-14(10-21)5-15(4-13)11-21/h6-8,13-15H,3-5,9-12H2,1-2H3,(H,22,23). The number of nitrogens with one attached hydrogen (secondary N) is 1. The Morgan fingerprint density at radius 3 is 1.96 bits per heavy atom. The molecule has 6 heteroatoms. The van der Waals surface area contributed by atoms with E-state index in [1.807, 2.05) is 0 Å². The van der Waals surface area contributed by atoms with E-state index in [0.717, 1.165) is 19.3 Å². The molecule has 0 spiro atoms. The summed E-state index contributed by atoms with van der Waals surface area (Å²) in [6.07, 6.45) is 6.62. The van der Waals surface area contributed by atoms with Crippen molar-refractivity contribution in [1.82, 2.24) is 0 Å². The molecule has 0 heterocycles. The first-order valence-electron chi connectivity index (χ1n) is 9.70. The molecule has 0 unspecified atom stereocenters. The summed E-state index contributed by atoms with van der Waals surface area (Å²) in [5, 5.41) is 2.74. The molecule has 4 aliphatic carbocycles. The maximum atomic E-state index is 12.8. The van der Waals surface area contributed by atoms with Crippen molar-refractivity contribution in [2.24, 2.45) is 23.2 Å². The summed E-state index contributed by atoms with van der Waals surface area (Å²) in [5.74, 6) is 2.62. The molecule has 4 aliphatic rings. The highest BCUT2D eigenvalue weighted by Crippen LogP contribution is 2.60. The van der Waals surface area contributed by atoms with Gasteiger partial charge in [-0.2, -0.15) is 0 Å². The predicted molar refractivity (Wildman–Crippen MR) is 99.7 cm³/mol. The molecule has 0 aliphatic heterocycles. The zero-order valence-corrected chi connectivity index (χ0v) is 16.0. The molecule has 1 aromatic rings. The smallest absolute Gasteiger partial charge is 0.312 e. The summed E-state index contributed by atoms with van der Waals surface area (Å²) in [4.78, 5) is 25.1. The Hall–Kier alpha value is -2.24. The normalized spacial score (nSPS) is 30.7. The Balaban J connectivity index is 1.35. The fourth-order valence-electron chi connectivity index (χ4n) is 5.72. The number of ether oxygens (including phenoxy) is 3. The summed E-state index contributed by atoms with van der Waals surface area (Å²) >= 11 is 0. The fourth-order valence-corrected chi connectivity index (χ4v) is 5.72. The minimum Gasteiger partial charge on any atom is -0.497 e. The molecule has 4 saturated carbocycles. The Labute approximate surface area is 159 Å². The van der Waals surface area contributed by atoms with Crippen LogP contribution in [0.3, 0.4) is 0 Å². The van der Waals surface area contributed by atoms with Gasteiger partial charge in [-0.05, 0) is 56.3 Å². The number of carbonyl (C=O) groups is 2. The van der Waals surface area contributed by atoms with Crippen LogP contribution in [0.4, 0.5) is 5.69 Å². The first-order chi connectivity index (χ1) is 13.0. The first-order valence-corrected chi connectivity index (χ1v) is 9.70. The molecule has 5 rings (SSSR count). The highest BCUT2D eigenvalue weighted by Gasteiger charge is 2.55. The van der Waals surface area contributed by atoms with Gasteiger partial charge < -0.3 is 19.5 Å². The van der Waals surface area contributed by atoms with E-state index in [1.165, 1.54) is 19.3 Å². The van der Waals surface area contributed by atoms with Gasteiger partial charge in [-0.15, -0.1) is 0 Å². The van der Waals surface area contributed by atoms with Crippen LogP contribution in [0.5, 0.6) is 11.5 Å². The van der Waals surface area contributed by atoms with E-state index in [4.69, 9.17) is 14.2 Å². The van der Waals surface area contributed by atoms with Crippen molar-refractivity contribution in [2.75, 3.05) is 26.1 Å². The molecule has 6 nitrogen and oxygen atoms in total. The molecule has 27 heavy (non-hydrogen) atoms. The second-order valence-corrected chi connectivity index (χ2v) is 8.42. The summed E-state index contributed by atoms with van der Waals surface area (Å²) in [6.45, 7) is -0.264. The lowest BCUT2D eigenvalue weighted by atomic mass is 9.49. The van der Waals surface area contributed by atoms with Crippen LogP contribution < -0.4 is 14.8 Å². The summed E-state index contributed by atoms with van der Waals surface area (Å²) < 4.78 is 15.9. The van der Waals surface area contributed by atoms with Crippen LogP contribution >= 0.6 is 0 Å². The highest BCUT2D eigenvalue weighted by molar-refractivity contribution is 5.93. The minimum absolute atomic E-state index is 0.181. The molecular weight excluding hydrogens is 346 g/mol. The van der Waals surface area contributed by atoms with E-state index in [9.17, 15) is 9.59 Å². The zero-order chi connectivity index (χ0) is 19.0. The average molecular weight is 373 g/mol. The van der Waals surface area contributed by atoms with Crippen molar-refractivity contribution in [2.45, 2.75) is 38.5 Å². The Morgan fingerprint density at radius 2 is 1.48 bits per heavy atom. The SMILES string of the molecule is COc1cc(NC(=O)COC(=O)C23CC4CC(CC(C4)C2)C3)cc(OC)c1. The molecule has 1 amide bonds. The first kappa shape index (κ1) is 18.1. The lowest BCUT2D eigenvalue weighted by Gasteiger charge is -2.55. The van der Waals surface area contributed by atoms with E-state index in [-0.39, 0.29) is 23.9 Å². The number of esters is 1. The van der Waals surface area contributed by atoms with Gasteiger partial charge in [0.1, 0.15) is 11.5 Å². The van der Waals surface area contributed by atoms with Gasteiger partial charge in [0, 0.05) is 23.9 Å². The summed E-state index contributed by atoms with van der Waals surface area (Å²) in [7, 11) is 3.10. The Morgan fingerprint density at radius 1 is 0.963 bits per heavy atom. The van der Waals surface area contributed by atoms with E-state index >= 15 is 0 Å². The van der Waals surface area contributed by atoms with Crippen molar-refractivity contribution < 1.29 is 23.8 Å². The third-order valence-electron chi connectivity index (χ3n) is 6.44. The quantitative estimate of drug-likeness (QED) is 0.774. The molecule has 1 aromatic carbocycles. The van der Waals surface area contributed by atoms with Gasteiger partial charge in [0.05, 0.1) is 19.6 Å². The third-order valence-corrected chi connectivity index (χ3v) is 6.44. The second-order valence-electron chi connectivity index (χ2n) is 8.42. The highest BCUT2D eigenvalue weighted by atomic mass is 16.5. The molecule has 4 bridgehead atoms. The summed E-state index contributed by atoms with van der Waals surface area (Å²) in [6, 6.07) is 5.12. The van der Waals surface area contributed by atoms with Crippen molar-refractivity contribution in [1.29, 1.82) is 0 Å². The lowest BCUT2D eigenvalue weighted by molar-refractivity contribution is -0.172. The zero-order valence-electron chi connectivity index (χ0n) is 16.0. The number of benzene rings is 1. The van der Waals surface area contributed by atoms with Crippen molar-refractivity contribution >= 4 is 17.6 Å². The van der Waals surface area contributed by atoms with Gasteiger partial charge >= 0.3 is 5.97 Å². The molecule has 146 valence electrons. The molecule has 0 atom stereocenters. The number of rotatable bonds is 6. The van der Waals surface area contributed by atoms with E-state index in [0.29, 0.717) is 34.9 Å². The van der Waals surface area contributed by atoms with Gasteiger partial charge in [0.15, 0.2) is 6.61 Å². The molecule has 4 fully saturated rings. The number of methoxy groups -OCH3 is 2. The van der Waals surface area contributed by atoms with E-state index in [1.54, 1.807) is 32.4 Å². The average Bonchev–Trinajstić information content (AvgIpc) is 2.64. The molecular formula is C21H27NO5. The third kappa shape index (κ3) is 3.62. The number of carbonyl (C=O) groups excluding carboxylic acids is 2. The number of hydrogen-bond donors (Lipinski definition) is 1. The van der Waals surface area contributed by atoms with Gasteiger partial charge in [-0.1, -0.05) is 0 Å². The maximum absolute atomic E-state index is 12.8. The number of hydrogen-bond acceptors (Lipinski definition) is 5. The largest absolute Gasteiger partial charge is 0.497 e. The second kappa shape index (κ2) is 7.06. The minimum atomic E-state index is -0.358. The predicted octanol–water partition coefficient (Wildman–Crippen LogP) is 3.40. The van der Waals surface area contributed by atoms with Gasteiger partial charge in [-0.3, -0.25) is 9.59 Å². The Kier molecular flexibility index (Phi) is 4.74. The summed E-state index contributed by atoms with van der Waals surface area (Å²) in [5.41, 5.74) is 0.204. The van der Waals surface area contributed by atoms with Crippen LogP contribution in [-0.4, -0.2) is 32.7 Å². The van der Waals surface area contributed by atoms with Crippen LogP contribution in [0.15, 0.2) is 18.2 Å². The maximum Gasteiger partial charge on any atom is 0.312 e. The van der Waals surface area contributed by atoms with Gasteiger partial charge in [-0.25, -0.2) is 0 Å². The van der Waals surface area contributed by atoms with Gasteiger partial charge in [0.2, 0.25) is 0 Å². The topological polar surface area (TPSA) is 73.9 Å². The molecule has 0 aromatic heterocycles. The number of anilines is 1.